The maximum atomic E-state index is 12.7. The van der Waals surface area contributed by atoms with Gasteiger partial charge in [-0.15, -0.1) is 0 Å². The van der Waals surface area contributed by atoms with Crippen molar-refractivity contribution < 1.29 is 36.1 Å². The Morgan fingerprint density at radius 3 is 2.69 bits per heavy atom. The Hall–Kier alpha value is -2.30. The summed E-state index contributed by atoms with van der Waals surface area (Å²) in [6, 6.07) is 3.90. The molecule has 7 nitrogen and oxygen atoms in total. The highest BCUT2D eigenvalue weighted by molar-refractivity contribution is 7.91. The van der Waals surface area contributed by atoms with Crippen LogP contribution in [0.1, 0.15) is 18.9 Å². The van der Waals surface area contributed by atoms with Gasteiger partial charge in [-0.1, -0.05) is 6.07 Å². The van der Waals surface area contributed by atoms with Gasteiger partial charge in [-0.05, 0) is 25.1 Å². The smallest absolute Gasteiger partial charge is 0.423 e. The SMILES string of the molecule is CCOC(=O)C(NNc1cccc(C(F)(F)F)c1)=[NH+][C@@H]1CCS(=O)(=O)C1. The minimum atomic E-state index is -4.50. The van der Waals surface area contributed by atoms with Crippen LogP contribution in [-0.2, 0) is 25.5 Å². The van der Waals surface area contributed by atoms with Gasteiger partial charge in [0, 0.05) is 6.42 Å². The summed E-state index contributed by atoms with van der Waals surface area (Å²) in [6.07, 6.45) is -4.18. The van der Waals surface area contributed by atoms with E-state index in [9.17, 15) is 26.4 Å². The summed E-state index contributed by atoms with van der Waals surface area (Å²) in [6.45, 7) is 1.67. The van der Waals surface area contributed by atoms with E-state index in [0.717, 1.165) is 12.1 Å². The minimum Gasteiger partial charge on any atom is -0.457 e. The molecule has 0 spiro atoms. The third-order valence-corrected chi connectivity index (χ3v) is 5.35. The topological polar surface area (TPSA) is 98.5 Å². The number of hydrazine groups is 1. The highest BCUT2D eigenvalue weighted by Gasteiger charge is 2.32. The number of sulfone groups is 1. The maximum Gasteiger partial charge on any atom is 0.423 e. The lowest BCUT2D eigenvalue weighted by atomic mass is 10.2. The van der Waals surface area contributed by atoms with Crippen LogP contribution in [0.2, 0.25) is 0 Å². The van der Waals surface area contributed by atoms with E-state index in [-0.39, 0.29) is 29.6 Å². The van der Waals surface area contributed by atoms with E-state index < -0.39 is 33.6 Å². The summed E-state index contributed by atoms with van der Waals surface area (Å²) in [7, 11) is -3.17. The Balaban J connectivity index is 2.14. The number of amidine groups is 1. The molecule has 1 aromatic rings. The molecule has 0 aliphatic carbocycles. The quantitative estimate of drug-likeness (QED) is 0.284. The van der Waals surface area contributed by atoms with Crippen molar-refractivity contribution in [2.75, 3.05) is 23.5 Å². The Kier molecular flexibility index (Phi) is 6.11. The number of alkyl halides is 3. The molecular weight excluding hydrogens is 375 g/mol. The number of benzene rings is 1. The van der Waals surface area contributed by atoms with Gasteiger partial charge in [-0.2, -0.15) is 18.6 Å². The molecule has 26 heavy (non-hydrogen) atoms. The monoisotopic (exact) mass is 394 g/mol. The number of hydrogen-bond donors (Lipinski definition) is 3. The van der Waals surface area contributed by atoms with Crippen LogP contribution in [0.5, 0.6) is 0 Å². The molecule has 1 atom stereocenters. The summed E-state index contributed by atoms with van der Waals surface area (Å²) in [5.74, 6) is -1.09. The van der Waals surface area contributed by atoms with E-state index in [0.29, 0.717) is 6.42 Å². The normalized spacial score (nSPS) is 19.8. The molecule has 0 saturated carbocycles. The zero-order valence-electron chi connectivity index (χ0n) is 13.9. The number of esters is 1. The third kappa shape index (κ3) is 5.61. The number of hydrogen-bond acceptors (Lipinski definition) is 5. The molecule has 1 heterocycles. The van der Waals surface area contributed by atoms with Crippen LogP contribution in [0.25, 0.3) is 0 Å². The molecule has 144 valence electrons. The maximum absolute atomic E-state index is 12.7. The fraction of sp³-hybridized carbons (Fsp3) is 0.467. The van der Waals surface area contributed by atoms with Crippen LogP contribution < -0.4 is 15.8 Å². The predicted octanol–water partition coefficient (Wildman–Crippen LogP) is -0.149. The molecule has 2 rings (SSSR count). The van der Waals surface area contributed by atoms with Crippen molar-refractivity contribution in [1.29, 1.82) is 0 Å². The fourth-order valence-electron chi connectivity index (χ4n) is 2.37. The molecule has 0 amide bonds. The van der Waals surface area contributed by atoms with Gasteiger partial charge in [0.05, 0.1) is 29.4 Å². The summed E-state index contributed by atoms with van der Waals surface area (Å²) in [4.78, 5) is 14.7. The molecular formula is C15H19F3N3O4S+. The van der Waals surface area contributed by atoms with Gasteiger partial charge in [-0.25, -0.2) is 18.6 Å². The van der Waals surface area contributed by atoms with Gasteiger partial charge in [0.25, 0.3) is 0 Å². The van der Waals surface area contributed by atoms with Crippen molar-refractivity contribution in [3.8, 4) is 0 Å². The number of rotatable bonds is 4. The molecule has 1 aliphatic rings. The van der Waals surface area contributed by atoms with E-state index in [4.69, 9.17) is 4.74 Å². The summed E-state index contributed by atoms with van der Waals surface area (Å²) >= 11 is 0. The standard InChI is InChI=1S/C15H18F3N3O4S/c1-2-25-14(22)13(19-12-6-7-26(23,24)9-12)21-20-11-5-3-4-10(8-11)15(16,17)18/h3-5,8,12,20H,2,6-7,9H2,1H3,(H,19,21)/p+1/t12-/m1/s1. The average Bonchev–Trinajstić information content (AvgIpc) is 2.90. The highest BCUT2D eigenvalue weighted by atomic mass is 32.2. The van der Waals surface area contributed by atoms with Crippen LogP contribution in [0.15, 0.2) is 24.3 Å². The second-order valence-electron chi connectivity index (χ2n) is 5.67. The predicted molar refractivity (Wildman–Crippen MR) is 87.9 cm³/mol. The van der Waals surface area contributed by atoms with Crippen molar-refractivity contribution in [1.82, 2.24) is 5.43 Å². The van der Waals surface area contributed by atoms with Gasteiger partial charge in [0.1, 0.15) is 6.04 Å². The van der Waals surface area contributed by atoms with Crippen LogP contribution in [0.3, 0.4) is 0 Å². The number of ether oxygens (including phenoxy) is 1. The van der Waals surface area contributed by atoms with Crippen molar-refractivity contribution in [3.63, 3.8) is 0 Å². The number of carbonyl (C=O) groups is 1. The Labute approximate surface area is 148 Å². The van der Waals surface area contributed by atoms with Gasteiger partial charge >= 0.3 is 18.0 Å². The lowest BCUT2D eigenvalue weighted by molar-refractivity contribution is -0.497. The van der Waals surface area contributed by atoms with Crippen LogP contribution in [0.4, 0.5) is 18.9 Å². The van der Waals surface area contributed by atoms with Crippen LogP contribution in [0, 0.1) is 0 Å². The van der Waals surface area contributed by atoms with Crippen LogP contribution in [-0.4, -0.2) is 44.4 Å². The van der Waals surface area contributed by atoms with Gasteiger partial charge in [-0.3, -0.25) is 4.99 Å². The van der Waals surface area contributed by atoms with Gasteiger partial charge < -0.3 is 4.74 Å². The first-order chi connectivity index (χ1) is 12.1. The lowest BCUT2D eigenvalue weighted by Gasteiger charge is -2.10. The zero-order valence-corrected chi connectivity index (χ0v) is 14.7. The molecule has 11 heteroatoms. The summed E-state index contributed by atoms with van der Waals surface area (Å²) in [5.41, 5.74) is 4.19. The second-order valence-corrected chi connectivity index (χ2v) is 7.90. The lowest BCUT2D eigenvalue weighted by Crippen LogP contribution is -2.84. The first kappa shape index (κ1) is 20.0. The van der Waals surface area contributed by atoms with E-state index in [1.807, 2.05) is 0 Å². The fourth-order valence-corrected chi connectivity index (χ4v) is 4.04. The molecule has 0 aromatic heterocycles. The molecule has 1 fully saturated rings. The minimum absolute atomic E-state index is 0.00181. The Morgan fingerprint density at radius 2 is 2.12 bits per heavy atom. The number of carbonyl (C=O) groups excluding carboxylic acids is 1. The van der Waals surface area contributed by atoms with Gasteiger partial charge in [0.15, 0.2) is 9.84 Å². The number of halogens is 3. The summed E-state index contributed by atoms with van der Waals surface area (Å²) in [5, 5.41) is 0. The Bertz CT molecular complexity index is 794. The average molecular weight is 394 g/mol. The molecule has 0 bridgehead atoms. The third-order valence-electron chi connectivity index (χ3n) is 3.58. The Morgan fingerprint density at radius 1 is 1.38 bits per heavy atom. The zero-order chi connectivity index (χ0) is 19.4. The van der Waals surface area contributed by atoms with Crippen molar-refractivity contribution >= 4 is 27.3 Å². The molecule has 0 unspecified atom stereocenters. The van der Waals surface area contributed by atoms with Crippen LogP contribution >= 0.6 is 0 Å². The van der Waals surface area contributed by atoms with E-state index in [1.165, 1.54) is 12.1 Å². The second kappa shape index (κ2) is 7.94. The summed E-state index contributed by atoms with van der Waals surface area (Å²) < 4.78 is 66.1. The van der Waals surface area contributed by atoms with Crippen molar-refractivity contribution in [2.45, 2.75) is 25.6 Å². The van der Waals surface area contributed by atoms with E-state index >= 15 is 0 Å². The molecule has 1 saturated heterocycles. The number of anilines is 1. The first-order valence-corrected chi connectivity index (χ1v) is 9.63. The highest BCUT2D eigenvalue weighted by Crippen LogP contribution is 2.30. The first-order valence-electron chi connectivity index (χ1n) is 7.81. The molecule has 1 aliphatic heterocycles. The molecule has 3 N–H and O–H groups in total. The van der Waals surface area contributed by atoms with Crippen molar-refractivity contribution in [2.24, 2.45) is 0 Å². The number of nitrogens with one attached hydrogen (secondary N) is 3. The van der Waals surface area contributed by atoms with Gasteiger partial charge in [0.2, 0.25) is 0 Å². The van der Waals surface area contributed by atoms with E-state index in [2.05, 4.69) is 15.8 Å². The molecule has 0 radical (unpaired) electrons. The largest absolute Gasteiger partial charge is 0.457 e. The van der Waals surface area contributed by atoms with E-state index in [1.54, 1.807) is 6.92 Å². The molecule has 1 aromatic carbocycles. The van der Waals surface area contributed by atoms with Crippen molar-refractivity contribution in [3.05, 3.63) is 29.8 Å².